The van der Waals surface area contributed by atoms with Gasteiger partial charge in [0, 0.05) is 17.2 Å². The second-order valence-electron chi connectivity index (χ2n) is 7.24. The van der Waals surface area contributed by atoms with Gasteiger partial charge in [0.2, 0.25) is 5.69 Å². The summed E-state index contributed by atoms with van der Waals surface area (Å²) in [7, 11) is 0. The molecule has 2 aromatic carbocycles. The summed E-state index contributed by atoms with van der Waals surface area (Å²) in [4.78, 5) is 0.756. The third-order valence-electron chi connectivity index (χ3n) is 5.00. The number of benzene rings is 2. The average Bonchev–Trinajstić information content (AvgIpc) is 2.70. The summed E-state index contributed by atoms with van der Waals surface area (Å²) in [6.45, 7) is 4.47. The lowest BCUT2D eigenvalue weighted by molar-refractivity contribution is -0.435. The van der Waals surface area contributed by atoms with Crippen molar-refractivity contribution in [3.63, 3.8) is 0 Å². The first-order valence-electron chi connectivity index (χ1n) is 10.6. The van der Waals surface area contributed by atoms with E-state index in [9.17, 15) is 5.21 Å². The number of unbranched alkanes of at least 4 members (excludes halogenated alkanes) is 6. The van der Waals surface area contributed by atoms with Gasteiger partial charge in [0.1, 0.15) is 5.69 Å². The molecule has 0 aliphatic heterocycles. The van der Waals surface area contributed by atoms with Crippen LogP contribution >= 0.6 is 0 Å². The van der Waals surface area contributed by atoms with Crippen LogP contribution in [0, 0.1) is 5.21 Å². The highest BCUT2D eigenvalue weighted by Gasteiger charge is 2.12. The summed E-state index contributed by atoms with van der Waals surface area (Å²) >= 11 is 0. The molecule has 27 heavy (non-hydrogen) atoms. The van der Waals surface area contributed by atoms with Crippen LogP contribution in [0.5, 0.6) is 0 Å². The predicted octanol–water partition coefficient (Wildman–Crippen LogP) is 7.86. The molecular formula is C24H34N2O. The number of azo groups is 1. The molecule has 0 saturated heterocycles. The van der Waals surface area contributed by atoms with Gasteiger partial charge in [0.05, 0.1) is 0 Å². The van der Waals surface area contributed by atoms with Crippen LogP contribution in [-0.2, 0) is 12.8 Å². The van der Waals surface area contributed by atoms with E-state index in [-0.39, 0.29) is 0 Å². The van der Waals surface area contributed by atoms with Gasteiger partial charge < -0.3 is 5.21 Å². The smallest absolute Gasteiger partial charge is 0.244 e. The molecule has 0 radical (unpaired) electrons. The Morgan fingerprint density at radius 3 is 2.07 bits per heavy atom. The molecule has 3 heteroatoms. The molecule has 0 fully saturated rings. The van der Waals surface area contributed by atoms with Gasteiger partial charge in [-0.05, 0) is 42.9 Å². The summed E-state index contributed by atoms with van der Waals surface area (Å²) in [5.74, 6) is 0. The Kier molecular flexibility index (Phi) is 9.61. The van der Waals surface area contributed by atoms with Crippen molar-refractivity contribution in [1.82, 2.24) is 0 Å². The Balaban J connectivity index is 2.22. The summed E-state index contributed by atoms with van der Waals surface area (Å²) in [5.41, 5.74) is 4.04. The number of aryl methyl sites for hydroxylation is 1. The largest absolute Gasteiger partial charge is 0.594 e. The topological polar surface area (TPSA) is 38.4 Å². The molecule has 0 amide bonds. The second-order valence-corrected chi connectivity index (χ2v) is 7.24. The van der Waals surface area contributed by atoms with Crippen molar-refractivity contribution in [3.05, 3.63) is 64.9 Å². The minimum Gasteiger partial charge on any atom is -0.594 e. The van der Waals surface area contributed by atoms with Gasteiger partial charge in [-0.3, -0.25) is 0 Å². The van der Waals surface area contributed by atoms with E-state index < -0.39 is 0 Å². The molecule has 0 atom stereocenters. The zero-order chi connectivity index (χ0) is 19.3. The minimum absolute atomic E-state index is 0.572. The molecule has 0 heterocycles. The molecule has 3 nitrogen and oxygen atoms in total. The monoisotopic (exact) mass is 366 g/mol. The van der Waals surface area contributed by atoms with Gasteiger partial charge in [-0.2, -0.15) is 0 Å². The minimum atomic E-state index is 0.572. The highest BCUT2D eigenvalue weighted by molar-refractivity contribution is 5.50. The van der Waals surface area contributed by atoms with Crippen molar-refractivity contribution < 1.29 is 4.86 Å². The maximum atomic E-state index is 12.5. The quantitative estimate of drug-likeness (QED) is 0.163. The van der Waals surface area contributed by atoms with Crippen LogP contribution in [0.4, 0.5) is 11.4 Å². The van der Waals surface area contributed by atoms with Gasteiger partial charge in [-0.1, -0.05) is 87.6 Å². The van der Waals surface area contributed by atoms with E-state index in [1.165, 1.54) is 56.1 Å². The van der Waals surface area contributed by atoms with Crippen LogP contribution in [0.1, 0.15) is 76.3 Å². The van der Waals surface area contributed by atoms with E-state index >= 15 is 0 Å². The first-order chi connectivity index (χ1) is 13.3. The number of hydrogen-bond donors (Lipinski definition) is 0. The molecule has 0 aromatic heterocycles. The summed E-state index contributed by atoms with van der Waals surface area (Å²) < 4.78 is 0. The lowest BCUT2D eigenvalue weighted by Gasteiger charge is -2.12. The molecule has 0 saturated carbocycles. The van der Waals surface area contributed by atoms with Gasteiger partial charge in [-0.15, -0.1) is 0 Å². The van der Waals surface area contributed by atoms with Gasteiger partial charge >= 0.3 is 0 Å². The molecule has 0 N–H and O–H groups in total. The summed E-state index contributed by atoms with van der Waals surface area (Å²) in [6, 6.07) is 15.5. The van der Waals surface area contributed by atoms with Crippen LogP contribution in [0.3, 0.4) is 0 Å². The van der Waals surface area contributed by atoms with Gasteiger partial charge in [0.25, 0.3) is 0 Å². The standard InChI is InChI=1S/C24H34N2O/c1-3-5-7-10-15-21-16-14-20-24(23(21)19-13-8-6-4-2)25-26(27)22-17-11-9-12-18-22/h9,11-12,14,16-18,20H,3-8,10,13,15,19H2,1-2H3. The van der Waals surface area contributed by atoms with Crippen molar-refractivity contribution in [2.75, 3.05) is 0 Å². The average molecular weight is 367 g/mol. The summed E-state index contributed by atoms with van der Waals surface area (Å²) in [5, 5.41) is 16.9. The van der Waals surface area contributed by atoms with E-state index in [1.54, 1.807) is 12.1 Å². The lowest BCUT2D eigenvalue weighted by Crippen LogP contribution is -1.98. The molecule has 146 valence electrons. The SMILES string of the molecule is CCCCCCc1cccc(N=[N+]([O-])c2ccccc2)c1CCCCCC. The van der Waals surface area contributed by atoms with Crippen molar-refractivity contribution >= 4 is 11.4 Å². The maximum Gasteiger partial charge on any atom is 0.244 e. The molecule has 2 rings (SSSR count). The fraction of sp³-hybridized carbons (Fsp3) is 0.500. The van der Waals surface area contributed by atoms with Crippen molar-refractivity contribution in [1.29, 1.82) is 0 Å². The van der Waals surface area contributed by atoms with Crippen LogP contribution in [-0.4, -0.2) is 4.86 Å². The number of rotatable bonds is 12. The first-order valence-corrected chi connectivity index (χ1v) is 10.6. The molecule has 0 unspecified atom stereocenters. The molecule has 0 aliphatic rings. The van der Waals surface area contributed by atoms with Gasteiger partial charge in [0.15, 0.2) is 0 Å². The zero-order valence-corrected chi connectivity index (χ0v) is 17.0. The number of nitrogens with zero attached hydrogens (tertiary/aromatic N) is 2. The van der Waals surface area contributed by atoms with E-state index in [2.05, 4.69) is 25.0 Å². The van der Waals surface area contributed by atoms with E-state index in [0.717, 1.165) is 29.8 Å². The van der Waals surface area contributed by atoms with Crippen LogP contribution < -0.4 is 0 Å². The molecule has 0 bridgehead atoms. The highest BCUT2D eigenvalue weighted by atomic mass is 16.5. The first kappa shape index (κ1) is 21.1. The molecular weight excluding hydrogens is 332 g/mol. The number of hydrogen-bond acceptors (Lipinski definition) is 2. The Labute approximate surface area is 164 Å². The van der Waals surface area contributed by atoms with Gasteiger partial charge in [-0.25, -0.2) is 0 Å². The third kappa shape index (κ3) is 7.16. The maximum absolute atomic E-state index is 12.5. The lowest BCUT2D eigenvalue weighted by atomic mass is 9.95. The fourth-order valence-corrected chi connectivity index (χ4v) is 3.42. The molecule has 2 aromatic rings. The van der Waals surface area contributed by atoms with Crippen LogP contribution in [0.15, 0.2) is 53.6 Å². The number of para-hydroxylation sites is 1. The Morgan fingerprint density at radius 1 is 0.741 bits per heavy atom. The zero-order valence-electron chi connectivity index (χ0n) is 17.0. The molecule has 0 spiro atoms. The summed E-state index contributed by atoms with van der Waals surface area (Å²) in [6.07, 6.45) is 12.0. The normalized spacial score (nSPS) is 11.7. The van der Waals surface area contributed by atoms with E-state index in [4.69, 9.17) is 0 Å². The third-order valence-corrected chi connectivity index (χ3v) is 5.00. The fourth-order valence-electron chi connectivity index (χ4n) is 3.42. The molecule has 0 aliphatic carbocycles. The van der Waals surface area contributed by atoms with E-state index in [1.807, 2.05) is 30.3 Å². The van der Waals surface area contributed by atoms with Crippen molar-refractivity contribution in [2.24, 2.45) is 5.11 Å². The highest BCUT2D eigenvalue weighted by Crippen LogP contribution is 2.28. The Morgan fingerprint density at radius 2 is 1.41 bits per heavy atom. The van der Waals surface area contributed by atoms with Crippen molar-refractivity contribution in [3.8, 4) is 0 Å². The Hall–Kier alpha value is -2.16. The predicted molar refractivity (Wildman–Crippen MR) is 114 cm³/mol. The van der Waals surface area contributed by atoms with E-state index in [0.29, 0.717) is 5.69 Å². The second kappa shape index (κ2) is 12.3. The van der Waals surface area contributed by atoms with Crippen LogP contribution in [0.25, 0.3) is 0 Å². The van der Waals surface area contributed by atoms with Crippen molar-refractivity contribution in [2.45, 2.75) is 78.1 Å². The Bertz CT molecular complexity index is 695. The van der Waals surface area contributed by atoms with Crippen LogP contribution in [0.2, 0.25) is 0 Å².